The minimum absolute atomic E-state index is 0. The average Bonchev–Trinajstić information content (AvgIpc) is 2.67. The van der Waals surface area contributed by atoms with E-state index in [4.69, 9.17) is 4.42 Å². The number of aromatic nitrogens is 1. The van der Waals surface area contributed by atoms with Crippen molar-refractivity contribution in [2.75, 3.05) is 26.2 Å². The molecule has 3 rings (SSSR count). The lowest BCUT2D eigenvalue weighted by Crippen LogP contribution is -2.34. The Morgan fingerprint density at radius 3 is 2.77 bits per heavy atom. The average molecular weight is 348 g/mol. The van der Waals surface area contributed by atoms with E-state index in [9.17, 15) is 13.2 Å². The summed E-state index contributed by atoms with van der Waals surface area (Å²) < 4.78 is 33.2. The van der Waals surface area contributed by atoms with Crippen LogP contribution in [0.1, 0.15) is 6.42 Å². The van der Waals surface area contributed by atoms with E-state index in [1.807, 2.05) is 0 Å². The van der Waals surface area contributed by atoms with E-state index in [0.717, 1.165) is 13.0 Å². The largest absolute Gasteiger partial charge is 0.419 e. The standard InChI is InChI=1S/C13H17N3O4S.ClH/c1-15-11-4-3-10(9-12(11)20-13(15)17)21(18,19)16-7-2-5-14-6-8-16;/h3-4,9,14H,2,5-8H2,1H3;1H. The Hall–Kier alpha value is -1.35. The molecular formula is C13H18ClN3O4S. The van der Waals surface area contributed by atoms with Crippen molar-refractivity contribution in [3.63, 3.8) is 0 Å². The van der Waals surface area contributed by atoms with Gasteiger partial charge in [-0.25, -0.2) is 13.2 Å². The Balaban J connectivity index is 0.00000176. The highest BCUT2D eigenvalue weighted by Gasteiger charge is 2.25. The maximum atomic E-state index is 12.6. The second-order valence-electron chi connectivity index (χ2n) is 5.06. The summed E-state index contributed by atoms with van der Waals surface area (Å²) in [6.45, 7) is 2.39. The van der Waals surface area contributed by atoms with Gasteiger partial charge < -0.3 is 9.73 Å². The number of sulfonamides is 1. The van der Waals surface area contributed by atoms with Crippen molar-refractivity contribution in [1.82, 2.24) is 14.2 Å². The van der Waals surface area contributed by atoms with Crippen LogP contribution in [0, 0.1) is 0 Å². The number of nitrogens with zero attached hydrogens (tertiary/aromatic N) is 2. The lowest BCUT2D eigenvalue weighted by molar-refractivity contribution is 0.432. The molecule has 0 amide bonds. The Morgan fingerprint density at radius 1 is 1.23 bits per heavy atom. The topological polar surface area (TPSA) is 84.5 Å². The van der Waals surface area contributed by atoms with Gasteiger partial charge in [0.05, 0.1) is 10.4 Å². The number of fused-ring (bicyclic) bond motifs is 1. The highest BCUT2D eigenvalue weighted by molar-refractivity contribution is 7.89. The van der Waals surface area contributed by atoms with Crippen molar-refractivity contribution < 1.29 is 12.8 Å². The predicted octanol–water partition coefficient (Wildman–Crippen LogP) is 0.537. The minimum atomic E-state index is -3.56. The summed E-state index contributed by atoms with van der Waals surface area (Å²) in [5.41, 5.74) is 0.869. The van der Waals surface area contributed by atoms with Crippen LogP contribution in [-0.2, 0) is 17.1 Å². The van der Waals surface area contributed by atoms with Gasteiger partial charge in [0.15, 0.2) is 5.58 Å². The molecule has 2 heterocycles. The van der Waals surface area contributed by atoms with Gasteiger partial charge >= 0.3 is 5.76 Å². The molecular weight excluding hydrogens is 330 g/mol. The fourth-order valence-corrected chi connectivity index (χ4v) is 3.98. The third-order valence-corrected chi connectivity index (χ3v) is 5.60. The summed E-state index contributed by atoms with van der Waals surface area (Å²) in [7, 11) is -1.97. The number of aryl methyl sites for hydroxylation is 1. The molecule has 0 bridgehead atoms. The van der Waals surface area contributed by atoms with Crippen molar-refractivity contribution in [3.05, 3.63) is 28.7 Å². The van der Waals surface area contributed by atoms with E-state index in [-0.39, 0.29) is 22.9 Å². The number of nitrogens with one attached hydrogen (secondary N) is 1. The molecule has 1 fully saturated rings. The fraction of sp³-hybridized carbons (Fsp3) is 0.462. The first-order valence-corrected chi connectivity index (χ1v) is 8.24. The number of rotatable bonds is 2. The van der Waals surface area contributed by atoms with Gasteiger partial charge in [0, 0.05) is 32.7 Å². The molecule has 0 aliphatic carbocycles. The summed E-state index contributed by atoms with van der Waals surface area (Å²) in [5.74, 6) is -0.501. The number of oxazole rings is 1. The Bertz CT molecular complexity index is 819. The second kappa shape index (κ2) is 6.41. The fourth-order valence-electron chi connectivity index (χ4n) is 2.49. The molecule has 1 aromatic carbocycles. The molecule has 0 radical (unpaired) electrons. The van der Waals surface area contributed by atoms with Crippen LogP contribution in [0.25, 0.3) is 11.1 Å². The minimum Gasteiger partial charge on any atom is -0.408 e. The van der Waals surface area contributed by atoms with Gasteiger partial charge in [0.1, 0.15) is 0 Å². The van der Waals surface area contributed by atoms with Gasteiger partial charge in [-0.1, -0.05) is 0 Å². The number of hydrogen-bond donors (Lipinski definition) is 1. The van der Waals surface area contributed by atoms with Gasteiger partial charge in [-0.05, 0) is 25.1 Å². The number of halogens is 1. The van der Waals surface area contributed by atoms with Gasteiger partial charge in [-0.3, -0.25) is 4.57 Å². The Morgan fingerprint density at radius 2 is 2.00 bits per heavy atom. The summed E-state index contributed by atoms with van der Waals surface area (Å²) >= 11 is 0. The van der Waals surface area contributed by atoms with Crippen LogP contribution in [-0.4, -0.2) is 43.5 Å². The molecule has 1 aliphatic heterocycles. The number of hydrogen-bond acceptors (Lipinski definition) is 5. The summed E-state index contributed by atoms with van der Waals surface area (Å²) in [4.78, 5) is 11.6. The first kappa shape index (κ1) is 17.0. The molecule has 1 aliphatic rings. The third kappa shape index (κ3) is 2.91. The van der Waals surface area contributed by atoms with Gasteiger partial charge in [-0.2, -0.15) is 4.31 Å². The smallest absolute Gasteiger partial charge is 0.408 e. The molecule has 1 aromatic heterocycles. The molecule has 7 nitrogen and oxygen atoms in total. The normalized spacial score (nSPS) is 17.1. The lowest BCUT2D eigenvalue weighted by Gasteiger charge is -2.19. The zero-order chi connectivity index (χ0) is 15.0. The zero-order valence-electron chi connectivity index (χ0n) is 12.1. The van der Waals surface area contributed by atoms with Crippen molar-refractivity contribution in [2.45, 2.75) is 11.3 Å². The molecule has 0 saturated carbocycles. The van der Waals surface area contributed by atoms with E-state index in [0.29, 0.717) is 25.2 Å². The third-order valence-electron chi connectivity index (χ3n) is 3.70. The summed E-state index contributed by atoms with van der Waals surface area (Å²) in [6.07, 6.45) is 0.780. The van der Waals surface area contributed by atoms with E-state index < -0.39 is 15.8 Å². The molecule has 0 atom stereocenters. The first-order chi connectivity index (χ1) is 10.00. The van der Waals surface area contributed by atoms with Crippen molar-refractivity contribution in [2.24, 2.45) is 7.05 Å². The van der Waals surface area contributed by atoms with Crippen LogP contribution in [0.5, 0.6) is 0 Å². The lowest BCUT2D eigenvalue weighted by atomic mass is 10.3. The Kier molecular flexibility index (Phi) is 4.96. The van der Waals surface area contributed by atoms with Crippen molar-refractivity contribution in [1.29, 1.82) is 0 Å². The molecule has 1 saturated heterocycles. The maximum absolute atomic E-state index is 12.6. The van der Waals surface area contributed by atoms with Crippen molar-refractivity contribution >= 4 is 33.5 Å². The Labute approximate surface area is 134 Å². The molecule has 9 heteroatoms. The van der Waals surface area contributed by atoms with Crippen LogP contribution in [0.15, 0.2) is 32.3 Å². The summed E-state index contributed by atoms with van der Waals surface area (Å²) in [6, 6.07) is 4.54. The van der Waals surface area contributed by atoms with Crippen LogP contribution in [0.2, 0.25) is 0 Å². The van der Waals surface area contributed by atoms with E-state index in [2.05, 4.69) is 5.32 Å². The molecule has 22 heavy (non-hydrogen) atoms. The monoisotopic (exact) mass is 347 g/mol. The molecule has 0 unspecified atom stereocenters. The van der Waals surface area contributed by atoms with Crippen LogP contribution >= 0.6 is 12.4 Å². The van der Waals surface area contributed by atoms with E-state index in [1.165, 1.54) is 21.0 Å². The van der Waals surface area contributed by atoms with E-state index >= 15 is 0 Å². The van der Waals surface area contributed by atoms with Crippen LogP contribution in [0.3, 0.4) is 0 Å². The molecule has 0 spiro atoms. The SMILES string of the molecule is Cl.Cn1c(=O)oc2cc(S(=O)(=O)N3CCCNCC3)ccc21. The van der Waals surface area contributed by atoms with E-state index in [1.54, 1.807) is 13.1 Å². The van der Waals surface area contributed by atoms with Crippen molar-refractivity contribution in [3.8, 4) is 0 Å². The summed E-state index contributed by atoms with van der Waals surface area (Å²) in [5, 5.41) is 3.17. The second-order valence-corrected chi connectivity index (χ2v) is 7.00. The highest BCUT2D eigenvalue weighted by atomic mass is 35.5. The number of benzene rings is 1. The zero-order valence-corrected chi connectivity index (χ0v) is 13.7. The maximum Gasteiger partial charge on any atom is 0.419 e. The molecule has 122 valence electrons. The van der Waals surface area contributed by atoms with Gasteiger partial charge in [-0.15, -0.1) is 12.4 Å². The van der Waals surface area contributed by atoms with Crippen LogP contribution in [0.4, 0.5) is 0 Å². The molecule has 2 aromatic rings. The first-order valence-electron chi connectivity index (χ1n) is 6.80. The predicted molar refractivity (Wildman–Crippen MR) is 84.9 cm³/mol. The van der Waals surface area contributed by atoms with Crippen LogP contribution < -0.4 is 11.1 Å². The quantitative estimate of drug-likeness (QED) is 0.857. The highest BCUT2D eigenvalue weighted by Crippen LogP contribution is 2.21. The van der Waals surface area contributed by atoms with Gasteiger partial charge in [0.25, 0.3) is 0 Å². The van der Waals surface area contributed by atoms with Gasteiger partial charge in [0.2, 0.25) is 10.0 Å². The molecule has 1 N–H and O–H groups in total.